The van der Waals surface area contributed by atoms with Gasteiger partial charge in [0.1, 0.15) is 5.75 Å². The van der Waals surface area contributed by atoms with Gasteiger partial charge in [0.05, 0.1) is 11.4 Å². The van der Waals surface area contributed by atoms with Crippen LogP contribution in [0.2, 0.25) is 5.02 Å². The topological polar surface area (TPSA) is 74.0 Å². The summed E-state index contributed by atoms with van der Waals surface area (Å²) >= 11 is 5.90. The Hall–Kier alpha value is -2.80. The van der Waals surface area contributed by atoms with E-state index in [4.69, 9.17) is 16.3 Å². The lowest BCUT2D eigenvalue weighted by atomic mass is 10.3. The van der Waals surface area contributed by atoms with Crippen LogP contribution in [0.3, 0.4) is 0 Å². The zero-order valence-electron chi connectivity index (χ0n) is 13.2. The summed E-state index contributed by atoms with van der Waals surface area (Å²) in [6.45, 7) is 2.01. The summed E-state index contributed by atoms with van der Waals surface area (Å²) in [4.78, 5) is 12.2. The summed E-state index contributed by atoms with van der Waals surface area (Å²) in [5.41, 5.74) is 1.70. The maximum absolute atomic E-state index is 12.2. The van der Waals surface area contributed by atoms with Crippen molar-refractivity contribution < 1.29 is 9.53 Å². The molecule has 0 aliphatic rings. The summed E-state index contributed by atoms with van der Waals surface area (Å²) in [5, 5.41) is 11.8. The molecule has 8 heteroatoms. The largest absolute Gasteiger partial charge is 0.471 e. The minimum atomic E-state index is -0.299. The number of ether oxygens (including phenoxy) is 1. The van der Waals surface area contributed by atoms with Gasteiger partial charge in [-0.3, -0.25) is 9.48 Å². The zero-order chi connectivity index (χ0) is 17.1. The summed E-state index contributed by atoms with van der Waals surface area (Å²) in [6.07, 6.45) is 3.42. The Labute approximate surface area is 143 Å². The molecule has 124 valence electrons. The Morgan fingerprint density at radius 1 is 1.33 bits per heavy atom. The van der Waals surface area contributed by atoms with Crippen LogP contribution in [0.15, 0.2) is 42.7 Å². The van der Waals surface area contributed by atoms with E-state index >= 15 is 0 Å². The molecule has 0 fully saturated rings. The monoisotopic (exact) mass is 345 g/mol. The van der Waals surface area contributed by atoms with Crippen LogP contribution in [-0.4, -0.2) is 25.5 Å². The zero-order valence-corrected chi connectivity index (χ0v) is 14.0. The molecule has 2 aromatic heterocycles. The molecule has 0 atom stereocenters. The van der Waals surface area contributed by atoms with Gasteiger partial charge in [-0.15, -0.1) is 0 Å². The molecule has 0 radical (unpaired) electrons. The Balaban J connectivity index is 1.62. The van der Waals surface area contributed by atoms with Crippen LogP contribution >= 0.6 is 11.6 Å². The maximum Gasteiger partial charge on any atom is 0.276 e. The molecule has 3 rings (SSSR count). The van der Waals surface area contributed by atoms with Gasteiger partial charge in [0.2, 0.25) is 0 Å². The van der Waals surface area contributed by atoms with Crippen molar-refractivity contribution in [1.82, 2.24) is 19.6 Å². The molecule has 24 heavy (non-hydrogen) atoms. The molecule has 1 amide bonds. The van der Waals surface area contributed by atoms with E-state index in [0.29, 0.717) is 22.2 Å². The van der Waals surface area contributed by atoms with Crippen LogP contribution in [0, 0.1) is 6.92 Å². The van der Waals surface area contributed by atoms with Crippen molar-refractivity contribution in [3.05, 3.63) is 59.1 Å². The number of aromatic nitrogens is 4. The maximum atomic E-state index is 12.2. The van der Waals surface area contributed by atoms with E-state index in [0.717, 1.165) is 5.69 Å². The van der Waals surface area contributed by atoms with E-state index in [1.54, 1.807) is 54.5 Å². The number of aryl methyl sites for hydroxylation is 2. The first-order valence-electron chi connectivity index (χ1n) is 7.25. The lowest BCUT2D eigenvalue weighted by Gasteiger charge is -2.06. The van der Waals surface area contributed by atoms with E-state index in [2.05, 4.69) is 15.5 Å². The first-order valence-corrected chi connectivity index (χ1v) is 7.62. The fraction of sp³-hybridized carbons (Fsp3) is 0.188. The van der Waals surface area contributed by atoms with Crippen molar-refractivity contribution in [2.45, 2.75) is 13.7 Å². The predicted molar refractivity (Wildman–Crippen MR) is 90.2 cm³/mol. The van der Waals surface area contributed by atoms with Crippen LogP contribution in [0.5, 0.6) is 5.75 Å². The number of carbonyl (C=O) groups is 1. The van der Waals surface area contributed by atoms with E-state index < -0.39 is 0 Å². The van der Waals surface area contributed by atoms with E-state index in [1.165, 1.54) is 4.68 Å². The Morgan fingerprint density at radius 3 is 2.88 bits per heavy atom. The van der Waals surface area contributed by atoms with Crippen LogP contribution in [0.4, 0.5) is 5.69 Å². The van der Waals surface area contributed by atoms with Crippen molar-refractivity contribution in [1.29, 1.82) is 0 Å². The van der Waals surface area contributed by atoms with Gasteiger partial charge in [0.15, 0.2) is 12.4 Å². The molecule has 0 bridgehead atoms. The highest BCUT2D eigenvalue weighted by Gasteiger charge is 2.13. The van der Waals surface area contributed by atoms with Crippen molar-refractivity contribution >= 4 is 23.2 Å². The van der Waals surface area contributed by atoms with Gasteiger partial charge in [-0.1, -0.05) is 17.7 Å². The average molecular weight is 346 g/mol. The minimum absolute atomic E-state index is 0.180. The summed E-state index contributed by atoms with van der Waals surface area (Å²) in [6, 6.07) is 8.71. The van der Waals surface area contributed by atoms with Crippen molar-refractivity contribution in [3.8, 4) is 5.75 Å². The number of nitrogens with one attached hydrogen (secondary N) is 1. The minimum Gasteiger partial charge on any atom is -0.471 e. The number of rotatable bonds is 5. The highest BCUT2D eigenvalue weighted by Crippen LogP contribution is 2.17. The third-order valence-electron chi connectivity index (χ3n) is 3.29. The number of nitrogens with zero attached hydrogens (tertiary/aromatic N) is 4. The number of carbonyl (C=O) groups excluding carboxylic acids is 1. The molecule has 0 spiro atoms. The second-order valence-electron chi connectivity index (χ2n) is 5.23. The van der Waals surface area contributed by atoms with Gasteiger partial charge < -0.3 is 10.1 Å². The fourth-order valence-electron chi connectivity index (χ4n) is 2.16. The van der Waals surface area contributed by atoms with Crippen LogP contribution in [0.1, 0.15) is 16.2 Å². The molecule has 0 saturated heterocycles. The quantitative estimate of drug-likeness (QED) is 0.771. The van der Waals surface area contributed by atoms with E-state index in [-0.39, 0.29) is 12.6 Å². The average Bonchev–Trinajstić information content (AvgIpc) is 3.12. The Kier molecular flexibility index (Phi) is 4.52. The SMILES string of the molecule is Cc1nn(C)cc1NC(=O)c1ccn(COc2cccc(Cl)c2)n1. The fourth-order valence-corrected chi connectivity index (χ4v) is 2.34. The predicted octanol–water partition coefficient (Wildman–Crippen LogP) is 2.87. The molecule has 0 unspecified atom stereocenters. The number of benzene rings is 1. The second kappa shape index (κ2) is 6.76. The third kappa shape index (κ3) is 3.75. The van der Waals surface area contributed by atoms with Gasteiger partial charge in [-0.05, 0) is 31.2 Å². The molecule has 0 saturated carbocycles. The molecule has 3 aromatic rings. The van der Waals surface area contributed by atoms with Crippen molar-refractivity contribution in [3.63, 3.8) is 0 Å². The van der Waals surface area contributed by atoms with E-state index in [9.17, 15) is 4.79 Å². The lowest BCUT2D eigenvalue weighted by molar-refractivity contribution is 0.102. The van der Waals surface area contributed by atoms with Gasteiger partial charge in [0.25, 0.3) is 5.91 Å². The van der Waals surface area contributed by atoms with Gasteiger partial charge in [-0.25, -0.2) is 4.68 Å². The smallest absolute Gasteiger partial charge is 0.276 e. The molecule has 7 nitrogen and oxygen atoms in total. The molecule has 2 heterocycles. The van der Waals surface area contributed by atoms with Crippen LogP contribution < -0.4 is 10.1 Å². The molecular weight excluding hydrogens is 330 g/mol. The Morgan fingerprint density at radius 2 is 2.17 bits per heavy atom. The first kappa shape index (κ1) is 16.1. The first-order chi connectivity index (χ1) is 11.5. The Bertz CT molecular complexity index is 871. The standard InChI is InChI=1S/C16H16ClN5O2/c1-11-15(9-21(2)19-11)18-16(23)14-6-7-22(20-14)10-24-13-5-3-4-12(17)8-13/h3-9H,10H2,1-2H3,(H,18,23). The molecule has 0 aliphatic carbocycles. The summed E-state index contributed by atoms with van der Waals surface area (Å²) in [7, 11) is 1.80. The van der Waals surface area contributed by atoms with Crippen molar-refractivity contribution in [2.24, 2.45) is 7.05 Å². The second-order valence-corrected chi connectivity index (χ2v) is 5.66. The van der Waals surface area contributed by atoms with E-state index in [1.807, 2.05) is 6.92 Å². The van der Waals surface area contributed by atoms with Gasteiger partial charge in [-0.2, -0.15) is 10.2 Å². The number of amides is 1. The number of hydrogen-bond acceptors (Lipinski definition) is 4. The molecule has 1 N–H and O–H groups in total. The number of halogens is 1. The highest BCUT2D eigenvalue weighted by atomic mass is 35.5. The van der Waals surface area contributed by atoms with Crippen LogP contribution in [-0.2, 0) is 13.8 Å². The number of hydrogen-bond donors (Lipinski definition) is 1. The third-order valence-corrected chi connectivity index (χ3v) is 3.53. The summed E-state index contributed by atoms with van der Waals surface area (Å²) in [5.74, 6) is 0.336. The number of anilines is 1. The van der Waals surface area contributed by atoms with Crippen molar-refractivity contribution in [2.75, 3.05) is 5.32 Å². The normalized spacial score (nSPS) is 10.6. The molecular formula is C16H16ClN5O2. The summed E-state index contributed by atoms with van der Waals surface area (Å²) < 4.78 is 8.75. The van der Waals surface area contributed by atoms with Gasteiger partial charge in [0, 0.05) is 24.5 Å². The lowest BCUT2D eigenvalue weighted by Crippen LogP contribution is -2.14. The highest BCUT2D eigenvalue weighted by molar-refractivity contribution is 6.30. The molecule has 0 aliphatic heterocycles. The van der Waals surface area contributed by atoms with Crippen LogP contribution in [0.25, 0.3) is 0 Å². The van der Waals surface area contributed by atoms with Gasteiger partial charge >= 0.3 is 0 Å². The molecule has 1 aromatic carbocycles.